The van der Waals surface area contributed by atoms with E-state index < -0.39 is 0 Å². The first-order valence-electron chi connectivity index (χ1n) is 10.7. The Morgan fingerprint density at radius 2 is 1.70 bits per heavy atom. The molecule has 0 aliphatic rings. The second kappa shape index (κ2) is 13.3. The molecule has 2 rings (SSSR count). The van der Waals surface area contributed by atoms with Crippen LogP contribution in [0, 0.1) is 0 Å². The van der Waals surface area contributed by atoms with Gasteiger partial charge in [0.1, 0.15) is 18.1 Å². The molecule has 5 nitrogen and oxygen atoms in total. The molecule has 0 aliphatic heterocycles. The monoisotopic (exact) mass is 410 g/mol. The van der Waals surface area contributed by atoms with Gasteiger partial charge in [-0.15, -0.1) is 0 Å². The Labute approximate surface area is 180 Å². The molecule has 1 amide bonds. The van der Waals surface area contributed by atoms with Gasteiger partial charge in [0.2, 0.25) is 5.91 Å². The molecule has 0 fully saturated rings. The van der Waals surface area contributed by atoms with Gasteiger partial charge in [-0.2, -0.15) is 0 Å². The van der Waals surface area contributed by atoms with Crippen molar-refractivity contribution in [3.05, 3.63) is 60.7 Å². The van der Waals surface area contributed by atoms with E-state index in [-0.39, 0.29) is 12.5 Å². The van der Waals surface area contributed by atoms with E-state index in [1.807, 2.05) is 49.4 Å². The summed E-state index contributed by atoms with van der Waals surface area (Å²) in [4.78, 5) is 12.2. The normalized spacial score (nSPS) is 10.3. The molecule has 2 aromatic carbocycles. The Morgan fingerprint density at radius 3 is 2.43 bits per heavy atom. The molecule has 0 bridgehead atoms. The number of amides is 1. The molecule has 0 heterocycles. The van der Waals surface area contributed by atoms with Crippen molar-refractivity contribution in [3.8, 4) is 11.5 Å². The maximum Gasteiger partial charge on any atom is 0.243 e. The van der Waals surface area contributed by atoms with Gasteiger partial charge in [-0.1, -0.05) is 45.3 Å². The van der Waals surface area contributed by atoms with Crippen molar-refractivity contribution in [2.24, 2.45) is 0 Å². The van der Waals surface area contributed by atoms with Crippen LogP contribution in [0.1, 0.15) is 46.0 Å². The molecular formula is C25H34N2O3. The zero-order valence-corrected chi connectivity index (χ0v) is 18.2. The maximum absolute atomic E-state index is 12.2. The molecule has 30 heavy (non-hydrogen) atoms. The van der Waals surface area contributed by atoms with E-state index in [0.29, 0.717) is 18.0 Å². The van der Waals surface area contributed by atoms with Gasteiger partial charge in [-0.05, 0) is 55.3 Å². The summed E-state index contributed by atoms with van der Waals surface area (Å²) >= 11 is 0. The van der Waals surface area contributed by atoms with Crippen LogP contribution in [0.4, 0.5) is 11.4 Å². The largest absolute Gasteiger partial charge is 0.494 e. The van der Waals surface area contributed by atoms with Crippen LogP contribution < -0.4 is 20.1 Å². The molecule has 0 spiro atoms. The summed E-state index contributed by atoms with van der Waals surface area (Å²) in [7, 11) is 0. The first-order valence-corrected chi connectivity index (χ1v) is 10.7. The number of rotatable bonds is 14. The average molecular weight is 411 g/mol. The van der Waals surface area contributed by atoms with Crippen LogP contribution >= 0.6 is 0 Å². The summed E-state index contributed by atoms with van der Waals surface area (Å²) in [6.07, 6.45) is 6.12. The van der Waals surface area contributed by atoms with Crippen molar-refractivity contribution in [3.63, 3.8) is 0 Å². The topological polar surface area (TPSA) is 59.6 Å². The lowest BCUT2D eigenvalue weighted by molar-refractivity contribution is -0.114. The first kappa shape index (κ1) is 23.3. The summed E-state index contributed by atoms with van der Waals surface area (Å²) in [5, 5.41) is 6.00. The molecule has 5 heteroatoms. The third-order valence-corrected chi connectivity index (χ3v) is 4.43. The minimum absolute atomic E-state index is 0.126. The minimum atomic E-state index is -0.126. The maximum atomic E-state index is 12.2. The van der Waals surface area contributed by atoms with Crippen molar-refractivity contribution in [1.29, 1.82) is 0 Å². The third kappa shape index (κ3) is 9.50. The first-order chi connectivity index (χ1) is 14.6. The van der Waals surface area contributed by atoms with Gasteiger partial charge < -0.3 is 20.1 Å². The predicted octanol–water partition coefficient (Wildman–Crippen LogP) is 6.04. The number of carbonyl (C=O) groups is 1. The zero-order valence-electron chi connectivity index (χ0n) is 18.2. The highest BCUT2D eigenvalue weighted by Crippen LogP contribution is 2.19. The molecule has 0 unspecified atom stereocenters. The highest BCUT2D eigenvalue weighted by molar-refractivity contribution is 5.93. The molecule has 2 aromatic rings. The van der Waals surface area contributed by atoms with E-state index >= 15 is 0 Å². The van der Waals surface area contributed by atoms with Crippen LogP contribution in [-0.2, 0) is 4.79 Å². The van der Waals surface area contributed by atoms with E-state index in [1.165, 1.54) is 25.7 Å². The lowest BCUT2D eigenvalue weighted by Crippen LogP contribution is -2.21. The van der Waals surface area contributed by atoms with E-state index in [2.05, 4.69) is 24.1 Å². The number of benzene rings is 2. The second-order valence-corrected chi connectivity index (χ2v) is 7.46. The number of ether oxygens (including phenoxy) is 2. The summed E-state index contributed by atoms with van der Waals surface area (Å²) in [5.74, 6) is 1.43. The fourth-order valence-corrected chi connectivity index (χ4v) is 2.82. The van der Waals surface area contributed by atoms with Crippen LogP contribution in [0.25, 0.3) is 0 Å². The molecule has 0 saturated carbocycles. The highest BCUT2D eigenvalue weighted by atomic mass is 16.5. The van der Waals surface area contributed by atoms with Crippen molar-refractivity contribution < 1.29 is 14.3 Å². The number of carbonyl (C=O) groups excluding carboxylic acids is 1. The molecule has 162 valence electrons. The van der Waals surface area contributed by atoms with Gasteiger partial charge >= 0.3 is 0 Å². The van der Waals surface area contributed by atoms with Gasteiger partial charge in [-0.3, -0.25) is 4.79 Å². The molecule has 0 aliphatic carbocycles. The third-order valence-electron chi connectivity index (χ3n) is 4.43. The van der Waals surface area contributed by atoms with Crippen LogP contribution in [0.15, 0.2) is 60.7 Å². The molecular weight excluding hydrogens is 376 g/mol. The highest BCUT2D eigenvalue weighted by Gasteiger charge is 2.04. The molecule has 0 radical (unpaired) electrons. The smallest absolute Gasteiger partial charge is 0.243 e. The lowest BCUT2D eigenvalue weighted by atomic mass is 10.2. The van der Waals surface area contributed by atoms with Crippen molar-refractivity contribution in [2.45, 2.75) is 46.0 Å². The van der Waals surface area contributed by atoms with Crippen LogP contribution in [0.2, 0.25) is 0 Å². The number of hydrogen-bond donors (Lipinski definition) is 2. The minimum Gasteiger partial charge on any atom is -0.494 e. The molecule has 0 atom stereocenters. The Balaban J connectivity index is 1.70. The fourth-order valence-electron chi connectivity index (χ4n) is 2.82. The number of anilines is 2. The van der Waals surface area contributed by atoms with E-state index in [0.717, 1.165) is 30.0 Å². The van der Waals surface area contributed by atoms with E-state index in [4.69, 9.17) is 9.47 Å². The van der Waals surface area contributed by atoms with Crippen LogP contribution in [0.5, 0.6) is 11.5 Å². The van der Waals surface area contributed by atoms with Crippen LogP contribution in [0.3, 0.4) is 0 Å². The van der Waals surface area contributed by atoms with E-state index in [1.54, 1.807) is 6.07 Å². The Morgan fingerprint density at radius 1 is 0.933 bits per heavy atom. The van der Waals surface area contributed by atoms with E-state index in [9.17, 15) is 4.79 Å². The summed E-state index contributed by atoms with van der Waals surface area (Å²) in [6, 6.07) is 15.0. The average Bonchev–Trinajstić information content (AvgIpc) is 2.74. The van der Waals surface area contributed by atoms with Gasteiger partial charge in [0.25, 0.3) is 0 Å². The Kier molecular flexibility index (Phi) is 10.3. The second-order valence-electron chi connectivity index (χ2n) is 7.46. The van der Waals surface area contributed by atoms with Crippen molar-refractivity contribution >= 4 is 17.3 Å². The molecule has 0 saturated heterocycles. The summed E-state index contributed by atoms with van der Waals surface area (Å²) in [5.41, 5.74) is 2.51. The Bertz CT molecular complexity index is 787. The zero-order chi connectivity index (χ0) is 21.6. The van der Waals surface area contributed by atoms with Gasteiger partial charge in [0.15, 0.2) is 0 Å². The van der Waals surface area contributed by atoms with Gasteiger partial charge in [0.05, 0.1) is 13.2 Å². The quantitative estimate of drug-likeness (QED) is 0.294. The van der Waals surface area contributed by atoms with Crippen molar-refractivity contribution in [1.82, 2.24) is 0 Å². The summed E-state index contributed by atoms with van der Waals surface area (Å²) in [6.45, 7) is 9.32. The lowest BCUT2D eigenvalue weighted by Gasteiger charge is -2.11. The van der Waals surface area contributed by atoms with Crippen molar-refractivity contribution in [2.75, 3.05) is 30.4 Å². The molecule has 0 aromatic heterocycles. The van der Waals surface area contributed by atoms with Gasteiger partial charge in [0, 0.05) is 17.4 Å². The number of unbranched alkanes of at least 4 members (excludes halogenated alkanes) is 4. The number of nitrogens with one attached hydrogen (secondary N) is 2. The SMILES string of the molecule is C=C(C)COc1cccc(NC(=O)CNc2ccc(OCCCCCCC)cc2)c1. The summed E-state index contributed by atoms with van der Waals surface area (Å²) < 4.78 is 11.4. The van der Waals surface area contributed by atoms with Gasteiger partial charge in [-0.25, -0.2) is 0 Å². The fraction of sp³-hybridized carbons (Fsp3) is 0.400. The number of hydrogen-bond acceptors (Lipinski definition) is 4. The Hall–Kier alpha value is -2.95. The standard InChI is InChI=1S/C25H34N2O3/c1-4-5-6-7-8-16-29-23-14-12-21(13-15-23)26-18-25(28)27-22-10-9-11-24(17-22)30-19-20(2)3/h9-15,17,26H,2,4-8,16,18-19H2,1,3H3,(H,27,28). The molecule has 2 N–H and O–H groups in total. The predicted molar refractivity (Wildman–Crippen MR) is 125 cm³/mol. The van der Waals surface area contributed by atoms with Crippen LogP contribution in [-0.4, -0.2) is 25.7 Å².